The van der Waals surface area contributed by atoms with Gasteiger partial charge < -0.3 is 14.8 Å². The summed E-state index contributed by atoms with van der Waals surface area (Å²) in [7, 11) is 0. The number of carbonyl (C=O) groups excluding carboxylic acids is 1. The molecule has 4 rings (SSSR count). The van der Waals surface area contributed by atoms with Crippen molar-refractivity contribution in [2.24, 2.45) is 0 Å². The van der Waals surface area contributed by atoms with Gasteiger partial charge in [0.1, 0.15) is 5.69 Å². The third-order valence-electron chi connectivity index (χ3n) is 4.30. The Hall–Kier alpha value is -3.61. The summed E-state index contributed by atoms with van der Waals surface area (Å²) in [5, 5.41) is 11.0. The van der Waals surface area contributed by atoms with E-state index in [4.69, 9.17) is 9.47 Å². The van der Waals surface area contributed by atoms with E-state index < -0.39 is 0 Å². The van der Waals surface area contributed by atoms with Gasteiger partial charge in [-0.15, -0.1) is 5.10 Å². The van der Waals surface area contributed by atoms with Crippen molar-refractivity contribution in [1.82, 2.24) is 20.3 Å². The predicted molar refractivity (Wildman–Crippen MR) is 104 cm³/mol. The number of carbonyl (C=O) groups is 1. The van der Waals surface area contributed by atoms with Crippen LogP contribution in [0.25, 0.3) is 6.08 Å². The van der Waals surface area contributed by atoms with Crippen LogP contribution in [0.15, 0.2) is 60.8 Å². The minimum absolute atomic E-state index is 0.168. The minimum Gasteiger partial charge on any atom is -0.454 e. The molecule has 1 N–H and O–H groups in total. The summed E-state index contributed by atoms with van der Waals surface area (Å²) in [5.41, 5.74) is 2.86. The number of hydrogen-bond donors (Lipinski definition) is 1. The summed E-state index contributed by atoms with van der Waals surface area (Å²) in [6, 6.07) is 15.8. The molecule has 7 heteroatoms. The summed E-state index contributed by atoms with van der Waals surface area (Å²) in [5.74, 6) is 1.34. The van der Waals surface area contributed by atoms with Crippen LogP contribution < -0.4 is 14.8 Å². The van der Waals surface area contributed by atoms with Crippen LogP contribution in [-0.4, -0.2) is 34.2 Å². The van der Waals surface area contributed by atoms with E-state index in [1.165, 1.54) is 6.08 Å². The van der Waals surface area contributed by atoms with Gasteiger partial charge in [-0.3, -0.25) is 4.79 Å². The number of nitrogens with one attached hydrogen (secondary N) is 1. The first-order valence-corrected chi connectivity index (χ1v) is 9.05. The molecule has 142 valence electrons. The smallest absolute Gasteiger partial charge is 0.244 e. The molecule has 0 saturated carbocycles. The molecular formula is C21H20N4O3. The number of amides is 1. The number of hydrogen-bond acceptors (Lipinski definition) is 5. The second-order valence-corrected chi connectivity index (χ2v) is 6.39. The summed E-state index contributed by atoms with van der Waals surface area (Å²) < 4.78 is 12.4. The molecule has 0 atom stereocenters. The molecule has 0 aliphatic carbocycles. The van der Waals surface area contributed by atoms with Gasteiger partial charge in [0.05, 0.1) is 12.7 Å². The van der Waals surface area contributed by atoms with Crippen LogP contribution in [0, 0.1) is 0 Å². The number of aromatic nitrogens is 3. The van der Waals surface area contributed by atoms with Gasteiger partial charge in [0.15, 0.2) is 11.5 Å². The zero-order valence-corrected chi connectivity index (χ0v) is 15.2. The first-order valence-electron chi connectivity index (χ1n) is 9.05. The number of ether oxygens (including phenoxy) is 2. The molecule has 1 aromatic heterocycles. The lowest BCUT2D eigenvalue weighted by molar-refractivity contribution is -0.116. The Balaban J connectivity index is 1.24. The fourth-order valence-corrected chi connectivity index (χ4v) is 2.88. The van der Waals surface area contributed by atoms with Crippen molar-refractivity contribution in [3.8, 4) is 11.5 Å². The SMILES string of the molecule is O=C(/C=C/c1cn(Cc2ccccc2)nn1)NCCc1ccc2c(c1)OCO2. The highest BCUT2D eigenvalue weighted by Crippen LogP contribution is 2.32. The van der Waals surface area contributed by atoms with Crippen LogP contribution in [0.3, 0.4) is 0 Å². The molecule has 7 nitrogen and oxygen atoms in total. The van der Waals surface area contributed by atoms with Crippen LogP contribution in [0.5, 0.6) is 11.5 Å². The second-order valence-electron chi connectivity index (χ2n) is 6.39. The van der Waals surface area contributed by atoms with E-state index in [0.29, 0.717) is 25.2 Å². The van der Waals surface area contributed by atoms with E-state index >= 15 is 0 Å². The van der Waals surface area contributed by atoms with Crippen molar-refractivity contribution in [2.75, 3.05) is 13.3 Å². The zero-order valence-electron chi connectivity index (χ0n) is 15.2. The molecule has 0 fully saturated rings. The van der Waals surface area contributed by atoms with Gasteiger partial charge in [-0.2, -0.15) is 0 Å². The Labute approximate surface area is 162 Å². The molecular weight excluding hydrogens is 356 g/mol. The molecule has 0 saturated heterocycles. The monoisotopic (exact) mass is 376 g/mol. The minimum atomic E-state index is -0.168. The van der Waals surface area contributed by atoms with Crippen molar-refractivity contribution in [1.29, 1.82) is 0 Å². The van der Waals surface area contributed by atoms with Crippen molar-refractivity contribution < 1.29 is 14.3 Å². The summed E-state index contributed by atoms with van der Waals surface area (Å²) in [6.07, 6.45) is 5.65. The maximum Gasteiger partial charge on any atom is 0.244 e. The van der Waals surface area contributed by atoms with Crippen LogP contribution in [0.2, 0.25) is 0 Å². The Morgan fingerprint density at radius 3 is 2.86 bits per heavy atom. The van der Waals surface area contributed by atoms with Crippen molar-refractivity contribution in [3.05, 3.63) is 77.6 Å². The van der Waals surface area contributed by atoms with E-state index in [-0.39, 0.29) is 12.7 Å². The zero-order chi connectivity index (χ0) is 19.2. The molecule has 0 unspecified atom stereocenters. The van der Waals surface area contributed by atoms with Gasteiger partial charge in [-0.25, -0.2) is 4.68 Å². The van der Waals surface area contributed by atoms with Gasteiger partial charge in [0, 0.05) is 12.6 Å². The average molecular weight is 376 g/mol. The average Bonchev–Trinajstić information content (AvgIpc) is 3.36. The Bertz CT molecular complexity index is 982. The van der Waals surface area contributed by atoms with Crippen LogP contribution in [0.4, 0.5) is 0 Å². The molecule has 2 heterocycles. The van der Waals surface area contributed by atoms with E-state index in [1.54, 1.807) is 10.8 Å². The lowest BCUT2D eigenvalue weighted by atomic mass is 10.1. The van der Waals surface area contributed by atoms with Gasteiger partial charge >= 0.3 is 0 Å². The number of benzene rings is 2. The van der Waals surface area contributed by atoms with Crippen molar-refractivity contribution in [2.45, 2.75) is 13.0 Å². The Morgan fingerprint density at radius 1 is 1.11 bits per heavy atom. The predicted octanol–water partition coefficient (Wildman–Crippen LogP) is 2.43. The Kier molecular flexibility index (Phi) is 5.33. The lowest BCUT2D eigenvalue weighted by Crippen LogP contribution is -2.23. The molecule has 0 bridgehead atoms. The highest BCUT2D eigenvalue weighted by atomic mass is 16.7. The third kappa shape index (κ3) is 4.56. The van der Waals surface area contributed by atoms with Crippen LogP contribution >= 0.6 is 0 Å². The highest BCUT2D eigenvalue weighted by Gasteiger charge is 2.12. The first kappa shape index (κ1) is 17.8. The molecule has 1 amide bonds. The van der Waals surface area contributed by atoms with Gasteiger partial charge in [0.25, 0.3) is 0 Å². The fourth-order valence-electron chi connectivity index (χ4n) is 2.88. The molecule has 1 aliphatic rings. The number of fused-ring (bicyclic) bond motifs is 1. The molecule has 2 aromatic carbocycles. The largest absolute Gasteiger partial charge is 0.454 e. The molecule has 0 radical (unpaired) electrons. The lowest BCUT2D eigenvalue weighted by Gasteiger charge is -2.04. The van der Waals surface area contributed by atoms with Gasteiger partial charge in [0.2, 0.25) is 12.7 Å². The van der Waals surface area contributed by atoms with Gasteiger partial charge in [-0.05, 0) is 35.8 Å². The van der Waals surface area contributed by atoms with E-state index in [0.717, 1.165) is 22.6 Å². The summed E-state index contributed by atoms with van der Waals surface area (Å²) >= 11 is 0. The number of rotatable bonds is 7. The summed E-state index contributed by atoms with van der Waals surface area (Å²) in [4.78, 5) is 12.0. The van der Waals surface area contributed by atoms with Crippen molar-refractivity contribution in [3.63, 3.8) is 0 Å². The second kappa shape index (κ2) is 8.39. The standard InChI is InChI=1S/C21H20N4O3/c26-21(22-11-10-16-6-8-19-20(12-16)28-15-27-19)9-7-18-14-25(24-23-18)13-17-4-2-1-3-5-17/h1-9,12,14H,10-11,13,15H2,(H,22,26)/b9-7+. The van der Waals surface area contributed by atoms with Crippen LogP contribution in [0.1, 0.15) is 16.8 Å². The summed E-state index contributed by atoms with van der Waals surface area (Å²) in [6.45, 7) is 1.43. The maximum absolute atomic E-state index is 12.0. The normalized spacial score (nSPS) is 12.4. The number of nitrogens with zero attached hydrogens (tertiary/aromatic N) is 3. The topological polar surface area (TPSA) is 78.3 Å². The van der Waals surface area contributed by atoms with Crippen molar-refractivity contribution >= 4 is 12.0 Å². The van der Waals surface area contributed by atoms with E-state index in [9.17, 15) is 4.79 Å². The quantitative estimate of drug-likeness (QED) is 0.641. The first-order chi connectivity index (χ1) is 13.8. The van der Waals surface area contributed by atoms with E-state index in [1.807, 2.05) is 54.7 Å². The maximum atomic E-state index is 12.0. The molecule has 1 aliphatic heterocycles. The van der Waals surface area contributed by atoms with Gasteiger partial charge in [-0.1, -0.05) is 41.6 Å². The van der Waals surface area contributed by atoms with E-state index in [2.05, 4.69) is 15.6 Å². The molecule has 28 heavy (non-hydrogen) atoms. The molecule has 0 spiro atoms. The highest BCUT2D eigenvalue weighted by molar-refractivity contribution is 5.91. The Morgan fingerprint density at radius 2 is 1.96 bits per heavy atom. The van der Waals surface area contributed by atoms with Crippen LogP contribution in [-0.2, 0) is 17.8 Å². The fraction of sp³-hybridized carbons (Fsp3) is 0.190. The molecule has 3 aromatic rings. The third-order valence-corrected chi connectivity index (χ3v) is 4.30.